The molecule has 0 aliphatic heterocycles. The van der Waals surface area contributed by atoms with Gasteiger partial charge in [-0.15, -0.1) is 0 Å². The highest BCUT2D eigenvalue weighted by Crippen LogP contribution is 2.10. The van der Waals surface area contributed by atoms with Crippen LogP contribution >= 0.6 is 0 Å². The number of rotatable bonds is 10. The van der Waals surface area contributed by atoms with Crippen LogP contribution < -0.4 is 0 Å². The average Bonchev–Trinajstić information content (AvgIpc) is 2.34. The van der Waals surface area contributed by atoms with E-state index < -0.39 is 23.9 Å². The second kappa shape index (κ2) is 12.1. The molecular formula is C15H24O6. The van der Waals surface area contributed by atoms with E-state index in [9.17, 15) is 19.2 Å². The van der Waals surface area contributed by atoms with Crippen LogP contribution in [0.4, 0.5) is 0 Å². The van der Waals surface area contributed by atoms with E-state index in [-0.39, 0.29) is 12.8 Å². The quantitative estimate of drug-likeness (QED) is 0.350. The number of hydrogen-bond acceptors (Lipinski definition) is 6. The lowest BCUT2D eigenvalue weighted by atomic mass is 10.1. The molecule has 0 spiro atoms. The van der Waals surface area contributed by atoms with E-state index in [1.807, 2.05) is 0 Å². The molecule has 0 radical (unpaired) electrons. The van der Waals surface area contributed by atoms with Gasteiger partial charge in [-0.05, 0) is 12.8 Å². The first kappa shape index (κ1) is 19.3. The van der Waals surface area contributed by atoms with Gasteiger partial charge < -0.3 is 9.47 Å². The van der Waals surface area contributed by atoms with Crippen LogP contribution in [0.1, 0.15) is 71.6 Å². The highest BCUT2D eigenvalue weighted by atomic mass is 16.6. The molecule has 0 unspecified atom stereocenters. The van der Waals surface area contributed by atoms with Gasteiger partial charge in [0.25, 0.3) is 0 Å². The molecular weight excluding hydrogens is 276 g/mol. The zero-order valence-corrected chi connectivity index (χ0v) is 12.8. The maximum Gasteiger partial charge on any atom is 0.313 e. The van der Waals surface area contributed by atoms with E-state index in [2.05, 4.69) is 9.47 Å². The largest absolute Gasteiger partial charge is 0.393 e. The maximum atomic E-state index is 11.1. The highest BCUT2D eigenvalue weighted by molar-refractivity contribution is 5.84. The van der Waals surface area contributed by atoms with Crippen molar-refractivity contribution in [2.75, 3.05) is 0 Å². The Hall–Kier alpha value is -1.72. The first-order chi connectivity index (χ1) is 9.91. The summed E-state index contributed by atoms with van der Waals surface area (Å²) >= 11 is 0. The Morgan fingerprint density at radius 1 is 0.571 bits per heavy atom. The Morgan fingerprint density at radius 3 is 1.14 bits per heavy atom. The lowest BCUT2D eigenvalue weighted by Crippen LogP contribution is -2.08. The minimum absolute atomic E-state index is 0.274. The first-order valence-corrected chi connectivity index (χ1v) is 7.34. The van der Waals surface area contributed by atoms with Gasteiger partial charge in [-0.3, -0.25) is 19.2 Å². The molecule has 21 heavy (non-hydrogen) atoms. The Bertz CT molecular complexity index is 327. The van der Waals surface area contributed by atoms with Gasteiger partial charge in [-0.25, -0.2) is 0 Å². The molecule has 0 aliphatic carbocycles. The summed E-state index contributed by atoms with van der Waals surface area (Å²) in [6.45, 7) is 2.42. The van der Waals surface area contributed by atoms with Crippen molar-refractivity contribution in [3.05, 3.63) is 0 Å². The topological polar surface area (TPSA) is 86.7 Å². The normalized spacial score (nSPS) is 10.0. The van der Waals surface area contributed by atoms with Crippen molar-refractivity contribution in [1.29, 1.82) is 0 Å². The number of carbonyl (C=O) groups is 4. The van der Waals surface area contributed by atoms with Crippen LogP contribution in [-0.4, -0.2) is 23.9 Å². The molecule has 120 valence electrons. The highest BCUT2D eigenvalue weighted by Gasteiger charge is 2.06. The van der Waals surface area contributed by atoms with E-state index in [0.29, 0.717) is 0 Å². The van der Waals surface area contributed by atoms with Crippen LogP contribution in [0.2, 0.25) is 0 Å². The Morgan fingerprint density at radius 2 is 0.857 bits per heavy atom. The van der Waals surface area contributed by atoms with Gasteiger partial charge in [0.1, 0.15) is 0 Å². The van der Waals surface area contributed by atoms with Crippen LogP contribution in [0.3, 0.4) is 0 Å². The lowest BCUT2D eigenvalue weighted by Gasteiger charge is -2.02. The van der Waals surface area contributed by atoms with Gasteiger partial charge in [0, 0.05) is 26.7 Å². The Balaban J connectivity index is 3.30. The van der Waals surface area contributed by atoms with Crippen LogP contribution in [-0.2, 0) is 28.7 Å². The molecule has 0 rings (SSSR count). The first-order valence-electron chi connectivity index (χ1n) is 7.34. The Kier molecular flexibility index (Phi) is 11.1. The molecule has 0 aromatic rings. The second-order valence-electron chi connectivity index (χ2n) is 4.91. The van der Waals surface area contributed by atoms with Crippen molar-refractivity contribution in [2.24, 2.45) is 0 Å². The average molecular weight is 300 g/mol. The number of esters is 4. The van der Waals surface area contributed by atoms with Crippen molar-refractivity contribution in [2.45, 2.75) is 71.6 Å². The van der Waals surface area contributed by atoms with Gasteiger partial charge >= 0.3 is 23.9 Å². The van der Waals surface area contributed by atoms with Gasteiger partial charge in [-0.1, -0.05) is 32.1 Å². The van der Waals surface area contributed by atoms with Crippen LogP contribution in [0.5, 0.6) is 0 Å². The third-order valence-corrected chi connectivity index (χ3v) is 2.78. The molecule has 0 saturated carbocycles. The van der Waals surface area contributed by atoms with E-state index in [1.54, 1.807) is 0 Å². The standard InChI is InChI=1S/C15H24O6/c1-12(16)20-14(18)10-8-6-4-3-5-7-9-11-15(19)21-13(2)17/h3-11H2,1-2H3. The lowest BCUT2D eigenvalue weighted by molar-refractivity contribution is -0.159. The van der Waals surface area contributed by atoms with Crippen LogP contribution in [0, 0.1) is 0 Å². The monoisotopic (exact) mass is 300 g/mol. The third kappa shape index (κ3) is 14.5. The fourth-order valence-electron chi connectivity index (χ4n) is 1.85. The fraction of sp³-hybridized carbons (Fsp3) is 0.733. The van der Waals surface area contributed by atoms with Crippen LogP contribution in [0.15, 0.2) is 0 Å². The zero-order chi connectivity index (χ0) is 16.1. The molecule has 0 aromatic heterocycles. The molecule has 6 nitrogen and oxygen atoms in total. The minimum Gasteiger partial charge on any atom is -0.393 e. The number of ether oxygens (including phenoxy) is 2. The maximum absolute atomic E-state index is 11.1. The van der Waals surface area contributed by atoms with E-state index in [4.69, 9.17) is 0 Å². The number of carbonyl (C=O) groups excluding carboxylic acids is 4. The molecule has 0 aliphatic rings. The van der Waals surface area contributed by atoms with Crippen LogP contribution in [0.25, 0.3) is 0 Å². The van der Waals surface area contributed by atoms with E-state index in [1.165, 1.54) is 13.8 Å². The SMILES string of the molecule is CC(=O)OC(=O)CCCCCCCCCC(=O)OC(C)=O. The molecule has 0 aromatic carbocycles. The summed E-state index contributed by atoms with van der Waals surface area (Å²) < 4.78 is 8.83. The molecule has 0 amide bonds. The Labute approximate surface area is 125 Å². The smallest absolute Gasteiger partial charge is 0.313 e. The predicted molar refractivity (Wildman–Crippen MR) is 75.1 cm³/mol. The summed E-state index contributed by atoms with van der Waals surface area (Å²) in [5.74, 6) is -2.07. The second-order valence-corrected chi connectivity index (χ2v) is 4.91. The fourth-order valence-corrected chi connectivity index (χ4v) is 1.85. The van der Waals surface area contributed by atoms with Gasteiger partial charge in [-0.2, -0.15) is 0 Å². The van der Waals surface area contributed by atoms with E-state index >= 15 is 0 Å². The summed E-state index contributed by atoms with van der Waals surface area (Å²) in [7, 11) is 0. The summed E-state index contributed by atoms with van der Waals surface area (Å²) in [5, 5.41) is 0. The van der Waals surface area contributed by atoms with Gasteiger partial charge in [0.05, 0.1) is 0 Å². The summed E-state index contributed by atoms with van der Waals surface area (Å²) in [6.07, 6.45) is 6.86. The molecule has 0 atom stereocenters. The predicted octanol–water partition coefficient (Wildman–Crippen LogP) is 2.68. The summed E-state index contributed by atoms with van der Waals surface area (Å²) in [6, 6.07) is 0. The third-order valence-electron chi connectivity index (χ3n) is 2.78. The molecule has 0 saturated heterocycles. The van der Waals surface area contributed by atoms with Crippen molar-refractivity contribution in [3.8, 4) is 0 Å². The molecule has 0 fully saturated rings. The van der Waals surface area contributed by atoms with E-state index in [0.717, 1.165) is 44.9 Å². The van der Waals surface area contributed by atoms with Crippen molar-refractivity contribution in [1.82, 2.24) is 0 Å². The van der Waals surface area contributed by atoms with Gasteiger partial charge in [0.15, 0.2) is 0 Å². The van der Waals surface area contributed by atoms with Crippen molar-refractivity contribution < 1.29 is 28.7 Å². The zero-order valence-electron chi connectivity index (χ0n) is 12.8. The van der Waals surface area contributed by atoms with Crippen molar-refractivity contribution >= 4 is 23.9 Å². The van der Waals surface area contributed by atoms with Gasteiger partial charge in [0.2, 0.25) is 0 Å². The van der Waals surface area contributed by atoms with Crippen molar-refractivity contribution in [3.63, 3.8) is 0 Å². The number of hydrogen-bond donors (Lipinski definition) is 0. The molecule has 6 heteroatoms. The molecule has 0 bridgehead atoms. The molecule has 0 N–H and O–H groups in total. The number of unbranched alkanes of at least 4 members (excludes halogenated alkanes) is 6. The summed E-state index contributed by atoms with van der Waals surface area (Å²) in [4.78, 5) is 43.1. The summed E-state index contributed by atoms with van der Waals surface area (Å²) in [5.41, 5.74) is 0. The minimum atomic E-state index is -0.566. The molecule has 0 heterocycles.